The molecule has 1 rings (SSSR count). The zero-order chi connectivity index (χ0) is 8.97. The molecule has 1 saturated heterocycles. The lowest BCUT2D eigenvalue weighted by atomic mass is 10.4. The van der Waals surface area contributed by atoms with Crippen molar-refractivity contribution in [2.45, 2.75) is 6.42 Å². The number of hydrogen-bond acceptors (Lipinski definition) is 3. The van der Waals surface area contributed by atoms with E-state index in [-0.39, 0.29) is 15.7 Å². The lowest BCUT2D eigenvalue weighted by molar-refractivity contribution is 0.289. The third-order valence-corrected chi connectivity index (χ3v) is 4.15. The van der Waals surface area contributed by atoms with E-state index in [0.717, 1.165) is 0 Å². The molecule has 0 aromatic rings. The van der Waals surface area contributed by atoms with Gasteiger partial charge in [0.15, 0.2) is 0 Å². The van der Waals surface area contributed by atoms with Crippen molar-refractivity contribution in [1.82, 2.24) is 12.7 Å². The Bertz CT molecular complexity index is 129. The molecule has 0 N–H and O–H groups in total. The third kappa shape index (κ3) is 3.88. The van der Waals surface area contributed by atoms with Crippen LogP contribution in [0.3, 0.4) is 0 Å². The van der Waals surface area contributed by atoms with E-state index in [4.69, 9.17) is 0 Å². The molecule has 0 spiro atoms. The van der Waals surface area contributed by atoms with Gasteiger partial charge in [-0.1, -0.05) is 0 Å². The second-order valence-electron chi connectivity index (χ2n) is 4.00. The molecule has 0 amide bonds. The van der Waals surface area contributed by atoms with Gasteiger partial charge in [-0.3, -0.25) is 0 Å². The average Bonchev–Trinajstić information content (AvgIpc) is 2.01. The average molecular weight is 185 g/mol. The molecule has 1 fully saturated rings. The Balaban J connectivity index is 2.14. The van der Waals surface area contributed by atoms with Crippen molar-refractivity contribution in [2.24, 2.45) is 0 Å². The lowest BCUT2D eigenvalue weighted by Crippen LogP contribution is -2.47. The molecule has 0 radical (unpaired) electrons. The minimum atomic E-state index is -0.0561. The number of likely N-dealkylation sites (N-methyl/N-ethyl adjacent to an activating group) is 1. The fourth-order valence-electron chi connectivity index (χ4n) is 1.57. The molecule has 0 aliphatic carbocycles. The van der Waals surface area contributed by atoms with Crippen molar-refractivity contribution in [3.05, 3.63) is 0 Å². The summed E-state index contributed by atoms with van der Waals surface area (Å²) in [7, 11) is 6.55. The topological polar surface area (TPSA) is 9.72 Å². The normalized spacial score (nSPS) is 21.3. The van der Waals surface area contributed by atoms with E-state index in [2.05, 4.69) is 33.8 Å². The molecule has 12 heavy (non-hydrogen) atoms. The molecule has 0 aromatic carbocycles. The molecule has 1 aliphatic heterocycles. The van der Waals surface area contributed by atoms with E-state index in [9.17, 15) is 0 Å². The van der Waals surface area contributed by atoms with Crippen molar-refractivity contribution in [3.8, 4) is 0 Å². The van der Waals surface area contributed by atoms with Crippen LogP contribution in [0.5, 0.6) is 0 Å². The van der Waals surface area contributed by atoms with Crippen LogP contribution in [0.4, 0.5) is 0 Å². The van der Waals surface area contributed by atoms with Crippen LogP contribution in [0.2, 0.25) is 0 Å². The molecule has 70 valence electrons. The van der Waals surface area contributed by atoms with Gasteiger partial charge in [-0.05, 0) is 47.2 Å². The smallest absolute Gasteiger partial charge is 0.377 e. The Morgan fingerprint density at radius 2 is 2.08 bits per heavy atom. The molecule has 1 aliphatic rings. The van der Waals surface area contributed by atoms with Crippen LogP contribution < -0.4 is 0 Å². The van der Waals surface area contributed by atoms with Crippen LogP contribution in [0.15, 0.2) is 0 Å². The van der Waals surface area contributed by atoms with Crippen LogP contribution in [-0.2, 0) is 0 Å². The first-order valence-corrected chi connectivity index (χ1v) is 6.00. The molecule has 3 nitrogen and oxygen atoms in total. The molecule has 0 aromatic heterocycles. The van der Waals surface area contributed by atoms with Gasteiger partial charge in [0.1, 0.15) is 0 Å². The van der Waals surface area contributed by atoms with Crippen LogP contribution in [0.25, 0.3) is 0 Å². The van der Waals surface area contributed by atoms with Gasteiger partial charge >= 0.3 is 15.7 Å². The monoisotopic (exact) mass is 185 g/mol. The Morgan fingerprint density at radius 1 is 1.33 bits per heavy atom. The molecular formula is C8H20AlN3. The second kappa shape index (κ2) is 5.21. The summed E-state index contributed by atoms with van der Waals surface area (Å²) < 4.78 is 5.18. The molecule has 0 bridgehead atoms. The van der Waals surface area contributed by atoms with Crippen molar-refractivity contribution >= 4 is 15.7 Å². The Morgan fingerprint density at radius 3 is 2.67 bits per heavy atom. The largest absolute Gasteiger partial charge is 0.462 e. The Hall–Kier alpha value is 0.412. The molecule has 0 unspecified atom stereocenters. The second-order valence-corrected chi connectivity index (χ2v) is 6.25. The van der Waals surface area contributed by atoms with E-state index >= 15 is 0 Å². The summed E-state index contributed by atoms with van der Waals surface area (Å²) in [6.07, 6.45) is 1.36. The van der Waals surface area contributed by atoms with Crippen LogP contribution in [0.1, 0.15) is 6.42 Å². The van der Waals surface area contributed by atoms with Gasteiger partial charge in [0.2, 0.25) is 0 Å². The summed E-state index contributed by atoms with van der Waals surface area (Å²) in [5.74, 6) is 0. The minimum Gasteiger partial charge on any atom is -0.377 e. The molecule has 1 heterocycles. The van der Waals surface area contributed by atoms with Crippen molar-refractivity contribution in [3.63, 3.8) is 0 Å². The predicted molar refractivity (Wildman–Crippen MR) is 54.5 cm³/mol. The Labute approximate surface area is 82.5 Å². The van der Waals surface area contributed by atoms with E-state index in [0.29, 0.717) is 0 Å². The van der Waals surface area contributed by atoms with Crippen molar-refractivity contribution in [2.75, 3.05) is 47.3 Å². The summed E-state index contributed by atoms with van der Waals surface area (Å²) in [6.45, 7) is 5.14. The minimum absolute atomic E-state index is 0.0561. The van der Waals surface area contributed by atoms with Gasteiger partial charge < -0.3 is 12.7 Å². The highest BCUT2D eigenvalue weighted by atomic mass is 27.1. The summed E-state index contributed by atoms with van der Waals surface area (Å²) in [5, 5.41) is 0. The maximum Gasteiger partial charge on any atom is 0.462 e. The zero-order valence-electron chi connectivity index (χ0n) is 8.58. The van der Waals surface area contributed by atoms with E-state index in [1.54, 1.807) is 0 Å². The molecule has 0 saturated carbocycles. The first-order chi connectivity index (χ1) is 5.68. The lowest BCUT2D eigenvalue weighted by Gasteiger charge is -2.32. The quantitative estimate of drug-likeness (QED) is 0.546. The SMILES string of the molecule is CN(C)CC[N]1CCC[N](C)[AlH]1. The van der Waals surface area contributed by atoms with Gasteiger partial charge in [0.05, 0.1) is 0 Å². The van der Waals surface area contributed by atoms with Crippen LogP contribution >= 0.6 is 0 Å². The van der Waals surface area contributed by atoms with Crippen LogP contribution in [-0.4, -0.2) is 75.6 Å². The fourth-order valence-corrected chi connectivity index (χ4v) is 3.27. The van der Waals surface area contributed by atoms with Gasteiger partial charge in [-0.25, -0.2) is 0 Å². The van der Waals surface area contributed by atoms with Gasteiger partial charge in [-0.15, -0.1) is 0 Å². The molecule has 4 heteroatoms. The first kappa shape index (κ1) is 10.5. The standard InChI is InChI=1S/C8H19N3.Al.H/c1-9-5-4-6-10-7-8-11(2)3;;/h4-8H2,1-3H3;;/q-2;+2;. The van der Waals surface area contributed by atoms with Crippen molar-refractivity contribution < 1.29 is 0 Å². The highest BCUT2D eigenvalue weighted by Gasteiger charge is 2.17. The first-order valence-electron chi connectivity index (χ1n) is 4.74. The highest BCUT2D eigenvalue weighted by Crippen LogP contribution is 2.00. The van der Waals surface area contributed by atoms with E-state index in [1.807, 2.05) is 0 Å². The highest BCUT2D eigenvalue weighted by molar-refractivity contribution is 6.28. The van der Waals surface area contributed by atoms with E-state index < -0.39 is 0 Å². The van der Waals surface area contributed by atoms with Gasteiger partial charge in [0.25, 0.3) is 0 Å². The zero-order valence-corrected chi connectivity index (χ0v) is 10.00. The summed E-state index contributed by atoms with van der Waals surface area (Å²) >= 11 is -0.0561. The number of nitrogens with zero attached hydrogens (tertiary/aromatic N) is 3. The predicted octanol–water partition coefficient (Wildman–Crippen LogP) is -0.548. The maximum absolute atomic E-state index is 2.66. The van der Waals surface area contributed by atoms with Crippen molar-refractivity contribution in [1.29, 1.82) is 0 Å². The van der Waals surface area contributed by atoms with E-state index in [1.165, 1.54) is 32.6 Å². The maximum atomic E-state index is 2.66. The van der Waals surface area contributed by atoms with Crippen LogP contribution in [0, 0.1) is 0 Å². The summed E-state index contributed by atoms with van der Waals surface area (Å²) in [5.41, 5.74) is 0. The number of rotatable bonds is 3. The number of hydrogen-bond donors (Lipinski definition) is 0. The van der Waals surface area contributed by atoms with Gasteiger partial charge in [0, 0.05) is 6.54 Å². The molecule has 0 atom stereocenters. The fraction of sp³-hybridized carbons (Fsp3) is 1.00. The third-order valence-electron chi connectivity index (χ3n) is 2.32. The molecular weight excluding hydrogens is 165 g/mol. The summed E-state index contributed by atoms with van der Waals surface area (Å²) in [6, 6.07) is 0. The summed E-state index contributed by atoms with van der Waals surface area (Å²) in [4.78, 5) is 2.27. The van der Waals surface area contributed by atoms with Gasteiger partial charge in [-0.2, -0.15) is 0 Å². The Kier molecular flexibility index (Phi) is 4.55.